The van der Waals surface area contributed by atoms with Gasteiger partial charge in [-0.2, -0.15) is 0 Å². The Hall–Kier alpha value is -3.07. The molecular weight excluding hydrogens is 396 g/mol. The number of para-hydroxylation sites is 2. The van der Waals surface area contributed by atoms with Gasteiger partial charge in [-0.15, -0.1) is 0 Å². The first-order chi connectivity index (χ1) is 13.7. The zero-order valence-electron chi connectivity index (χ0n) is 16.3. The summed E-state index contributed by atoms with van der Waals surface area (Å²) in [5.74, 6) is -0.689. The van der Waals surface area contributed by atoms with Gasteiger partial charge in [-0.1, -0.05) is 18.2 Å². The number of nitrogens with zero attached hydrogens (tertiary/aromatic N) is 1. The number of ether oxygens (including phenoxy) is 2. The predicted molar refractivity (Wildman–Crippen MR) is 109 cm³/mol. The minimum Gasteiger partial charge on any atom is -0.476 e. The van der Waals surface area contributed by atoms with Gasteiger partial charge in [0, 0.05) is 5.69 Å². The van der Waals surface area contributed by atoms with Crippen LogP contribution in [0.3, 0.4) is 0 Å². The maximum atomic E-state index is 12.8. The summed E-state index contributed by atoms with van der Waals surface area (Å²) >= 11 is 0. The lowest BCUT2D eigenvalue weighted by Crippen LogP contribution is -2.48. The van der Waals surface area contributed by atoms with Crippen LogP contribution in [-0.2, 0) is 19.6 Å². The summed E-state index contributed by atoms with van der Waals surface area (Å²) in [5, 5.41) is 2.73. The summed E-state index contributed by atoms with van der Waals surface area (Å²) in [6, 6.07) is 11.5. The normalized spacial score (nSPS) is 15.8. The summed E-state index contributed by atoms with van der Waals surface area (Å²) in [6.07, 6.45) is 0.0297. The number of rotatable bonds is 5. The van der Waals surface area contributed by atoms with E-state index in [2.05, 4.69) is 5.32 Å². The molecular formula is C20H22N2O6S. The fourth-order valence-corrected chi connectivity index (χ4v) is 3.98. The molecule has 0 bridgehead atoms. The van der Waals surface area contributed by atoms with Crippen molar-refractivity contribution in [3.63, 3.8) is 0 Å². The van der Waals surface area contributed by atoms with Crippen molar-refractivity contribution in [2.75, 3.05) is 29.0 Å². The summed E-state index contributed by atoms with van der Waals surface area (Å²) in [4.78, 5) is 24.9. The Bertz CT molecular complexity index is 1050. The number of hydrogen-bond donors (Lipinski definition) is 1. The molecule has 2 aromatic carbocycles. The molecule has 0 unspecified atom stereocenters. The number of benzene rings is 2. The fraction of sp³-hybridized carbons (Fsp3) is 0.300. The first kappa shape index (κ1) is 20.7. The zero-order chi connectivity index (χ0) is 21.2. The quantitative estimate of drug-likeness (QED) is 0.748. The van der Waals surface area contributed by atoms with E-state index in [0.29, 0.717) is 28.3 Å². The number of carbonyl (C=O) groups is 2. The smallest absolute Gasteiger partial charge is 0.338 e. The highest BCUT2D eigenvalue weighted by atomic mass is 32.2. The number of fused-ring (bicyclic) bond motifs is 1. The predicted octanol–water partition coefficient (Wildman–Crippen LogP) is 2.34. The lowest BCUT2D eigenvalue weighted by atomic mass is 10.1. The minimum atomic E-state index is -3.60. The van der Waals surface area contributed by atoms with E-state index in [0.717, 1.165) is 10.6 Å². The Kier molecular flexibility index (Phi) is 5.78. The third-order valence-electron chi connectivity index (χ3n) is 4.51. The Morgan fingerprint density at radius 2 is 1.93 bits per heavy atom. The molecule has 1 atom stereocenters. The molecule has 9 heteroatoms. The maximum absolute atomic E-state index is 12.8. The van der Waals surface area contributed by atoms with Crippen molar-refractivity contribution in [1.82, 2.24) is 0 Å². The Morgan fingerprint density at radius 1 is 1.21 bits per heavy atom. The van der Waals surface area contributed by atoms with E-state index < -0.39 is 28.0 Å². The second-order valence-electron chi connectivity index (χ2n) is 6.56. The molecule has 1 heterocycles. The van der Waals surface area contributed by atoms with Gasteiger partial charge in [-0.25, -0.2) is 13.2 Å². The Balaban J connectivity index is 1.85. The topological polar surface area (TPSA) is 102 Å². The first-order valence-corrected chi connectivity index (χ1v) is 10.9. The van der Waals surface area contributed by atoms with Crippen LogP contribution in [0.1, 0.15) is 22.8 Å². The Labute approximate surface area is 169 Å². The van der Waals surface area contributed by atoms with E-state index in [-0.39, 0.29) is 13.2 Å². The summed E-state index contributed by atoms with van der Waals surface area (Å²) in [7, 11) is -3.60. The lowest BCUT2D eigenvalue weighted by Gasteiger charge is -2.33. The second-order valence-corrected chi connectivity index (χ2v) is 8.46. The van der Waals surface area contributed by atoms with Crippen molar-refractivity contribution in [3.8, 4) is 5.75 Å². The van der Waals surface area contributed by atoms with Crippen molar-refractivity contribution in [2.24, 2.45) is 0 Å². The molecule has 0 saturated heterocycles. The first-order valence-electron chi connectivity index (χ1n) is 9.03. The van der Waals surface area contributed by atoms with Crippen LogP contribution in [0.2, 0.25) is 0 Å². The van der Waals surface area contributed by atoms with Crippen LogP contribution in [0.25, 0.3) is 0 Å². The van der Waals surface area contributed by atoms with Gasteiger partial charge in [-0.05, 0) is 43.7 Å². The van der Waals surface area contributed by atoms with Crippen LogP contribution in [0.4, 0.5) is 11.4 Å². The van der Waals surface area contributed by atoms with Crippen LogP contribution < -0.4 is 14.4 Å². The van der Waals surface area contributed by atoms with Crippen molar-refractivity contribution in [2.45, 2.75) is 20.0 Å². The van der Waals surface area contributed by atoms with Crippen LogP contribution in [0, 0.1) is 6.92 Å². The van der Waals surface area contributed by atoms with Crippen LogP contribution >= 0.6 is 0 Å². The molecule has 1 aliphatic rings. The maximum Gasteiger partial charge on any atom is 0.338 e. The molecule has 1 N–H and O–H groups in total. The second kappa shape index (κ2) is 8.12. The molecule has 0 aromatic heterocycles. The van der Waals surface area contributed by atoms with Crippen molar-refractivity contribution < 1.29 is 27.5 Å². The van der Waals surface area contributed by atoms with Gasteiger partial charge in [0.15, 0.2) is 6.10 Å². The third kappa shape index (κ3) is 4.34. The molecule has 1 amide bonds. The van der Waals surface area contributed by atoms with E-state index in [1.54, 1.807) is 56.3 Å². The Morgan fingerprint density at radius 3 is 2.62 bits per heavy atom. The number of anilines is 2. The van der Waals surface area contributed by atoms with E-state index in [1.165, 1.54) is 0 Å². The number of hydrogen-bond acceptors (Lipinski definition) is 6. The fourth-order valence-electron chi connectivity index (χ4n) is 3.07. The lowest BCUT2D eigenvalue weighted by molar-refractivity contribution is -0.122. The number of esters is 1. The highest BCUT2D eigenvalue weighted by Crippen LogP contribution is 2.35. The molecule has 0 aliphatic carbocycles. The highest BCUT2D eigenvalue weighted by molar-refractivity contribution is 7.92. The number of carbonyl (C=O) groups excluding carboxylic acids is 2. The third-order valence-corrected chi connectivity index (χ3v) is 5.66. The molecule has 29 heavy (non-hydrogen) atoms. The molecule has 1 aliphatic heterocycles. The van der Waals surface area contributed by atoms with E-state index in [1.807, 2.05) is 0 Å². The van der Waals surface area contributed by atoms with Gasteiger partial charge in [0.1, 0.15) is 5.75 Å². The minimum absolute atomic E-state index is 0.154. The number of amides is 1. The standard InChI is InChI=1S/C20H22N2O6S/c1-4-27-20(24)14-8-7-9-15(13(14)2)21-19(23)18-12-22(29(3,25)26)16-10-5-6-11-17(16)28-18/h5-11,18H,4,12H2,1-3H3,(H,21,23)/t18-/m1/s1. The molecule has 154 valence electrons. The van der Waals surface area contributed by atoms with Crippen LogP contribution in [0.5, 0.6) is 5.75 Å². The highest BCUT2D eigenvalue weighted by Gasteiger charge is 2.35. The van der Waals surface area contributed by atoms with Gasteiger partial charge in [0.25, 0.3) is 5.91 Å². The van der Waals surface area contributed by atoms with Crippen molar-refractivity contribution in [1.29, 1.82) is 0 Å². The molecule has 0 spiro atoms. The zero-order valence-corrected chi connectivity index (χ0v) is 17.2. The van der Waals surface area contributed by atoms with Crippen LogP contribution in [0.15, 0.2) is 42.5 Å². The number of nitrogens with one attached hydrogen (secondary N) is 1. The molecule has 3 rings (SSSR count). The summed E-state index contributed by atoms with van der Waals surface area (Å²) in [5.41, 5.74) is 1.71. The molecule has 0 radical (unpaired) electrons. The van der Waals surface area contributed by atoms with Crippen molar-refractivity contribution >= 4 is 33.3 Å². The monoisotopic (exact) mass is 418 g/mol. The van der Waals surface area contributed by atoms with Gasteiger partial charge >= 0.3 is 5.97 Å². The SMILES string of the molecule is CCOC(=O)c1cccc(NC(=O)[C@H]2CN(S(C)(=O)=O)c3ccccc3O2)c1C. The van der Waals surface area contributed by atoms with E-state index in [9.17, 15) is 18.0 Å². The van der Waals surface area contributed by atoms with E-state index >= 15 is 0 Å². The van der Waals surface area contributed by atoms with Gasteiger partial charge < -0.3 is 14.8 Å². The van der Waals surface area contributed by atoms with E-state index in [4.69, 9.17) is 9.47 Å². The molecule has 0 fully saturated rings. The molecule has 8 nitrogen and oxygen atoms in total. The summed E-state index contributed by atoms with van der Waals surface area (Å²) < 4.78 is 36.3. The van der Waals surface area contributed by atoms with Gasteiger partial charge in [0.2, 0.25) is 10.0 Å². The largest absolute Gasteiger partial charge is 0.476 e. The average molecular weight is 418 g/mol. The number of sulfonamides is 1. The molecule has 2 aromatic rings. The van der Waals surface area contributed by atoms with Gasteiger partial charge in [-0.3, -0.25) is 9.10 Å². The van der Waals surface area contributed by atoms with Gasteiger partial charge in [0.05, 0.1) is 30.7 Å². The van der Waals surface area contributed by atoms with Crippen LogP contribution in [-0.4, -0.2) is 45.8 Å². The molecule has 0 saturated carbocycles. The summed E-state index contributed by atoms with van der Waals surface area (Å²) in [6.45, 7) is 3.50. The average Bonchev–Trinajstić information content (AvgIpc) is 2.68. The van der Waals surface area contributed by atoms with Crippen molar-refractivity contribution in [3.05, 3.63) is 53.6 Å².